The van der Waals surface area contributed by atoms with Gasteiger partial charge in [0.1, 0.15) is 0 Å². The molecule has 0 atom stereocenters. The molecule has 18 heavy (non-hydrogen) atoms. The molecule has 0 saturated heterocycles. The molecule has 0 spiro atoms. The molecule has 2 heterocycles. The van der Waals surface area contributed by atoms with E-state index in [1.165, 1.54) is 12.8 Å². The molecule has 94 valence electrons. The number of nitrogens with one attached hydrogen (secondary N) is 1. The molecule has 2 aromatic rings. The summed E-state index contributed by atoms with van der Waals surface area (Å²) < 4.78 is 1.75. The van der Waals surface area contributed by atoms with Gasteiger partial charge in [-0.1, -0.05) is 17.7 Å². The lowest BCUT2D eigenvalue weighted by Crippen LogP contribution is -2.17. The van der Waals surface area contributed by atoms with Crippen LogP contribution in [-0.4, -0.2) is 20.8 Å². The van der Waals surface area contributed by atoms with Gasteiger partial charge >= 0.3 is 0 Å². The lowest BCUT2D eigenvalue weighted by Gasteiger charge is -2.08. The van der Waals surface area contributed by atoms with Gasteiger partial charge in [-0.3, -0.25) is 0 Å². The van der Waals surface area contributed by atoms with Crippen molar-refractivity contribution in [2.75, 3.05) is 0 Å². The molecule has 2 aromatic heterocycles. The van der Waals surface area contributed by atoms with Gasteiger partial charge in [-0.05, 0) is 25.8 Å². The Labute approximate surface area is 111 Å². The number of nitrogens with zero attached hydrogens (tertiary/aromatic N) is 3. The molecule has 0 amide bonds. The van der Waals surface area contributed by atoms with Gasteiger partial charge in [0.15, 0.2) is 5.82 Å². The molecule has 0 radical (unpaired) electrons. The Bertz CT molecular complexity index is 540. The third-order valence-electron chi connectivity index (χ3n) is 3.08. The highest BCUT2D eigenvalue weighted by molar-refractivity contribution is 6.31. The highest BCUT2D eigenvalue weighted by atomic mass is 35.5. The van der Waals surface area contributed by atoms with Crippen molar-refractivity contribution in [3.63, 3.8) is 0 Å². The molecule has 1 aliphatic rings. The van der Waals surface area contributed by atoms with Gasteiger partial charge in [0.2, 0.25) is 0 Å². The molecule has 0 aliphatic heterocycles. The monoisotopic (exact) mass is 262 g/mol. The predicted molar refractivity (Wildman–Crippen MR) is 71.0 cm³/mol. The van der Waals surface area contributed by atoms with Gasteiger partial charge in [-0.15, -0.1) is 0 Å². The Balaban J connectivity index is 1.89. The average molecular weight is 263 g/mol. The molecule has 0 aromatic carbocycles. The van der Waals surface area contributed by atoms with Crippen LogP contribution < -0.4 is 5.32 Å². The van der Waals surface area contributed by atoms with E-state index in [-0.39, 0.29) is 0 Å². The smallest absolute Gasteiger partial charge is 0.157 e. The standard InChI is InChI=1S/C13H15ClN4/c1-9-12(14)8-18(17-9)13-10(3-2-6-15-13)7-16-11-4-5-11/h2-3,6,8,11,16H,4-5,7H2,1H3. The van der Waals surface area contributed by atoms with Gasteiger partial charge in [-0.25, -0.2) is 9.67 Å². The quantitative estimate of drug-likeness (QED) is 0.921. The predicted octanol–water partition coefficient (Wildman–Crippen LogP) is 2.48. The summed E-state index contributed by atoms with van der Waals surface area (Å²) in [6, 6.07) is 4.70. The number of rotatable bonds is 4. The molecule has 1 aliphatic carbocycles. The number of pyridine rings is 1. The third kappa shape index (κ3) is 2.40. The molecule has 1 N–H and O–H groups in total. The van der Waals surface area contributed by atoms with Crippen molar-refractivity contribution in [1.29, 1.82) is 0 Å². The summed E-state index contributed by atoms with van der Waals surface area (Å²) in [6.07, 6.45) is 6.14. The minimum atomic E-state index is 0.668. The number of hydrogen-bond donors (Lipinski definition) is 1. The first-order valence-electron chi connectivity index (χ1n) is 6.13. The summed E-state index contributed by atoms with van der Waals surface area (Å²) in [5, 5.41) is 8.54. The summed E-state index contributed by atoms with van der Waals surface area (Å²) in [7, 11) is 0. The minimum absolute atomic E-state index is 0.668. The third-order valence-corrected chi connectivity index (χ3v) is 3.45. The van der Waals surface area contributed by atoms with E-state index in [0.717, 1.165) is 23.6 Å². The molecule has 1 saturated carbocycles. The van der Waals surface area contributed by atoms with Crippen LogP contribution in [0.2, 0.25) is 5.02 Å². The zero-order valence-electron chi connectivity index (χ0n) is 10.2. The van der Waals surface area contributed by atoms with Gasteiger partial charge in [0, 0.05) is 24.3 Å². The molecule has 4 nitrogen and oxygen atoms in total. The van der Waals surface area contributed by atoms with Gasteiger partial charge < -0.3 is 5.32 Å². The SMILES string of the molecule is Cc1nn(-c2ncccc2CNC2CC2)cc1Cl. The summed E-state index contributed by atoms with van der Waals surface area (Å²) >= 11 is 6.04. The van der Waals surface area contributed by atoms with Crippen LogP contribution in [0, 0.1) is 6.92 Å². The van der Waals surface area contributed by atoms with Crippen LogP contribution in [0.1, 0.15) is 24.1 Å². The van der Waals surface area contributed by atoms with Crippen LogP contribution in [0.15, 0.2) is 24.5 Å². The zero-order chi connectivity index (χ0) is 12.5. The molecular weight excluding hydrogens is 248 g/mol. The lowest BCUT2D eigenvalue weighted by molar-refractivity contribution is 0.676. The van der Waals surface area contributed by atoms with E-state index in [1.54, 1.807) is 17.1 Å². The largest absolute Gasteiger partial charge is 0.310 e. The number of aromatic nitrogens is 3. The molecule has 0 bridgehead atoms. The van der Waals surface area contributed by atoms with E-state index in [2.05, 4.69) is 21.5 Å². The van der Waals surface area contributed by atoms with Gasteiger partial charge in [-0.2, -0.15) is 5.10 Å². The van der Waals surface area contributed by atoms with Crippen molar-refractivity contribution in [2.24, 2.45) is 0 Å². The van der Waals surface area contributed by atoms with E-state index >= 15 is 0 Å². The fourth-order valence-electron chi connectivity index (χ4n) is 1.86. The van der Waals surface area contributed by atoms with E-state index < -0.39 is 0 Å². The van der Waals surface area contributed by atoms with Crippen molar-refractivity contribution in [3.05, 3.63) is 40.8 Å². The van der Waals surface area contributed by atoms with E-state index in [4.69, 9.17) is 11.6 Å². The van der Waals surface area contributed by atoms with Crippen molar-refractivity contribution in [2.45, 2.75) is 32.4 Å². The van der Waals surface area contributed by atoms with Crippen LogP contribution >= 0.6 is 11.6 Å². The van der Waals surface area contributed by atoms with Gasteiger partial charge in [0.05, 0.1) is 16.9 Å². The molecular formula is C13H15ClN4. The normalized spacial score (nSPS) is 15.0. The van der Waals surface area contributed by atoms with Crippen LogP contribution in [-0.2, 0) is 6.54 Å². The molecule has 1 fully saturated rings. The summed E-state index contributed by atoms with van der Waals surface area (Å²) in [5.74, 6) is 0.848. The first-order valence-corrected chi connectivity index (χ1v) is 6.51. The number of aryl methyl sites for hydroxylation is 1. The Morgan fingerprint density at radius 3 is 3.00 bits per heavy atom. The second kappa shape index (κ2) is 4.71. The van der Waals surface area contributed by atoms with Crippen molar-refractivity contribution in [3.8, 4) is 5.82 Å². The average Bonchev–Trinajstić information content (AvgIpc) is 3.14. The van der Waals surface area contributed by atoms with Crippen molar-refractivity contribution in [1.82, 2.24) is 20.1 Å². The number of hydrogen-bond acceptors (Lipinski definition) is 3. The summed E-state index contributed by atoms with van der Waals surface area (Å²) in [6.45, 7) is 2.72. The van der Waals surface area contributed by atoms with Gasteiger partial charge in [0.25, 0.3) is 0 Å². The van der Waals surface area contributed by atoms with E-state index in [9.17, 15) is 0 Å². The lowest BCUT2D eigenvalue weighted by atomic mass is 10.2. The first kappa shape index (κ1) is 11.7. The van der Waals surface area contributed by atoms with Crippen molar-refractivity contribution >= 4 is 11.6 Å². The van der Waals surface area contributed by atoms with Crippen molar-refractivity contribution < 1.29 is 0 Å². The molecule has 3 rings (SSSR count). The zero-order valence-corrected chi connectivity index (χ0v) is 11.0. The molecule has 0 unspecified atom stereocenters. The highest BCUT2D eigenvalue weighted by Crippen LogP contribution is 2.21. The minimum Gasteiger partial charge on any atom is -0.310 e. The Hall–Kier alpha value is -1.39. The van der Waals surface area contributed by atoms with E-state index in [1.807, 2.05) is 13.0 Å². The van der Waals surface area contributed by atoms with Crippen LogP contribution in [0.25, 0.3) is 5.82 Å². The first-order chi connectivity index (χ1) is 8.74. The van der Waals surface area contributed by atoms with Crippen LogP contribution in [0.3, 0.4) is 0 Å². The fraction of sp³-hybridized carbons (Fsp3) is 0.385. The maximum Gasteiger partial charge on any atom is 0.157 e. The van der Waals surface area contributed by atoms with E-state index in [0.29, 0.717) is 11.1 Å². The molecule has 5 heteroatoms. The summed E-state index contributed by atoms with van der Waals surface area (Å²) in [4.78, 5) is 4.40. The maximum atomic E-state index is 6.04. The topological polar surface area (TPSA) is 42.7 Å². The second-order valence-corrected chi connectivity index (χ2v) is 5.06. The Kier molecular flexibility index (Phi) is 3.06. The highest BCUT2D eigenvalue weighted by Gasteiger charge is 2.20. The Morgan fingerprint density at radius 2 is 2.33 bits per heavy atom. The maximum absolute atomic E-state index is 6.04. The fourth-order valence-corrected chi connectivity index (χ4v) is 1.99. The summed E-state index contributed by atoms with van der Waals surface area (Å²) in [5.41, 5.74) is 1.96. The van der Waals surface area contributed by atoms with Crippen LogP contribution in [0.4, 0.5) is 0 Å². The Morgan fingerprint density at radius 1 is 1.50 bits per heavy atom. The second-order valence-electron chi connectivity index (χ2n) is 4.65. The number of halogens is 1. The van der Waals surface area contributed by atoms with Crippen LogP contribution in [0.5, 0.6) is 0 Å².